The van der Waals surface area contributed by atoms with Gasteiger partial charge >= 0.3 is 0 Å². The lowest BCUT2D eigenvalue weighted by molar-refractivity contribution is -0.122. The maximum atomic E-state index is 11.3. The van der Waals surface area contributed by atoms with E-state index in [9.17, 15) is 9.59 Å². The first kappa shape index (κ1) is 14.9. The van der Waals surface area contributed by atoms with Crippen LogP contribution < -0.4 is 16.8 Å². The van der Waals surface area contributed by atoms with Crippen molar-refractivity contribution in [1.29, 1.82) is 0 Å². The van der Waals surface area contributed by atoms with Crippen LogP contribution in [0.5, 0.6) is 0 Å². The van der Waals surface area contributed by atoms with E-state index in [4.69, 9.17) is 16.2 Å². The Morgan fingerprint density at radius 2 is 2.12 bits per heavy atom. The molecule has 0 saturated heterocycles. The van der Waals surface area contributed by atoms with Crippen LogP contribution in [0, 0.1) is 5.92 Å². The Bertz CT molecular complexity index is 221. The number of hydrogen-bond donors (Lipinski definition) is 3. The van der Waals surface area contributed by atoms with Gasteiger partial charge in [0, 0.05) is 13.0 Å². The lowest BCUT2D eigenvalue weighted by Gasteiger charge is -2.08. The molecule has 0 aromatic carbocycles. The quantitative estimate of drug-likeness (QED) is 0.441. The molecule has 6 heteroatoms. The number of primary amides is 1. The SMILES string of the molecule is CC(CN)CCC(=O)NCCOCC(N)=O. The van der Waals surface area contributed by atoms with E-state index >= 15 is 0 Å². The molecule has 0 aliphatic heterocycles. The van der Waals surface area contributed by atoms with Crippen molar-refractivity contribution in [2.45, 2.75) is 19.8 Å². The summed E-state index contributed by atoms with van der Waals surface area (Å²) in [5.74, 6) is -0.178. The van der Waals surface area contributed by atoms with E-state index in [1.165, 1.54) is 0 Å². The minimum atomic E-state index is -0.511. The van der Waals surface area contributed by atoms with Gasteiger partial charge in [-0.05, 0) is 18.9 Å². The van der Waals surface area contributed by atoms with E-state index in [-0.39, 0.29) is 12.5 Å². The van der Waals surface area contributed by atoms with Crippen LogP contribution in [0.1, 0.15) is 19.8 Å². The highest BCUT2D eigenvalue weighted by Crippen LogP contribution is 2.02. The molecule has 0 radical (unpaired) electrons. The summed E-state index contributed by atoms with van der Waals surface area (Å²) in [7, 11) is 0. The average Bonchev–Trinajstić information content (AvgIpc) is 2.24. The molecule has 0 aliphatic rings. The molecular formula is C10H21N3O3. The van der Waals surface area contributed by atoms with Gasteiger partial charge in [0.05, 0.1) is 6.61 Å². The van der Waals surface area contributed by atoms with Crippen LogP contribution >= 0.6 is 0 Å². The van der Waals surface area contributed by atoms with E-state index in [2.05, 4.69) is 5.32 Å². The highest BCUT2D eigenvalue weighted by Gasteiger charge is 2.04. The Balaban J connectivity index is 3.33. The molecule has 0 aromatic rings. The predicted octanol–water partition coefficient (Wildman–Crippen LogP) is -1.02. The van der Waals surface area contributed by atoms with Crippen molar-refractivity contribution >= 4 is 11.8 Å². The fraction of sp³-hybridized carbons (Fsp3) is 0.800. The summed E-state index contributed by atoms with van der Waals surface area (Å²) in [4.78, 5) is 21.6. The lowest BCUT2D eigenvalue weighted by Crippen LogP contribution is -2.29. The molecule has 0 fully saturated rings. The molecule has 1 unspecified atom stereocenters. The maximum Gasteiger partial charge on any atom is 0.243 e. The Morgan fingerprint density at radius 1 is 1.44 bits per heavy atom. The molecular weight excluding hydrogens is 210 g/mol. The molecule has 0 rings (SSSR count). The van der Waals surface area contributed by atoms with Crippen LogP contribution in [0.25, 0.3) is 0 Å². The second kappa shape index (κ2) is 9.11. The summed E-state index contributed by atoms with van der Waals surface area (Å²) in [6.45, 7) is 3.17. The fourth-order valence-electron chi connectivity index (χ4n) is 1.02. The van der Waals surface area contributed by atoms with Crippen molar-refractivity contribution in [1.82, 2.24) is 5.32 Å². The number of amides is 2. The first-order valence-electron chi connectivity index (χ1n) is 5.39. The van der Waals surface area contributed by atoms with E-state index in [1.54, 1.807) is 0 Å². The topological polar surface area (TPSA) is 107 Å². The van der Waals surface area contributed by atoms with Crippen LogP contribution in [0.4, 0.5) is 0 Å². The third kappa shape index (κ3) is 9.42. The molecule has 1 atom stereocenters. The third-order valence-corrected chi connectivity index (χ3v) is 2.08. The number of carbonyl (C=O) groups excluding carboxylic acids is 2. The number of nitrogens with one attached hydrogen (secondary N) is 1. The third-order valence-electron chi connectivity index (χ3n) is 2.08. The van der Waals surface area contributed by atoms with Gasteiger partial charge in [0.2, 0.25) is 11.8 Å². The van der Waals surface area contributed by atoms with Crippen molar-refractivity contribution in [3.8, 4) is 0 Å². The summed E-state index contributed by atoms with van der Waals surface area (Å²) in [6, 6.07) is 0. The van der Waals surface area contributed by atoms with E-state index in [1.807, 2.05) is 6.92 Å². The highest BCUT2D eigenvalue weighted by atomic mass is 16.5. The summed E-state index contributed by atoms with van der Waals surface area (Å²) in [5, 5.41) is 2.68. The lowest BCUT2D eigenvalue weighted by atomic mass is 10.1. The van der Waals surface area contributed by atoms with Crippen LogP contribution in [0.15, 0.2) is 0 Å². The molecule has 0 saturated carbocycles. The molecule has 5 N–H and O–H groups in total. The van der Waals surface area contributed by atoms with Gasteiger partial charge in [0.1, 0.15) is 6.61 Å². The van der Waals surface area contributed by atoms with Crippen molar-refractivity contribution in [2.24, 2.45) is 17.4 Å². The van der Waals surface area contributed by atoms with Crippen molar-refractivity contribution in [2.75, 3.05) is 26.3 Å². The van der Waals surface area contributed by atoms with Gasteiger partial charge in [0.15, 0.2) is 0 Å². The summed E-state index contributed by atoms with van der Waals surface area (Å²) < 4.78 is 4.88. The number of nitrogens with two attached hydrogens (primary N) is 2. The van der Waals surface area contributed by atoms with Gasteiger partial charge in [-0.1, -0.05) is 6.92 Å². The second-order valence-electron chi connectivity index (χ2n) is 3.75. The fourth-order valence-corrected chi connectivity index (χ4v) is 1.02. The zero-order chi connectivity index (χ0) is 12.4. The summed E-state index contributed by atoms with van der Waals surface area (Å²) in [5.41, 5.74) is 10.3. The maximum absolute atomic E-state index is 11.3. The smallest absolute Gasteiger partial charge is 0.243 e. The molecule has 16 heavy (non-hydrogen) atoms. The molecule has 0 bridgehead atoms. The Hall–Kier alpha value is -1.14. The number of carbonyl (C=O) groups is 2. The van der Waals surface area contributed by atoms with Gasteiger partial charge in [-0.2, -0.15) is 0 Å². The number of ether oxygens (including phenoxy) is 1. The van der Waals surface area contributed by atoms with Gasteiger partial charge in [-0.3, -0.25) is 9.59 Å². The van der Waals surface area contributed by atoms with Gasteiger partial charge < -0.3 is 21.5 Å². The largest absolute Gasteiger partial charge is 0.370 e. The first-order valence-corrected chi connectivity index (χ1v) is 5.39. The summed E-state index contributed by atoms with van der Waals surface area (Å²) >= 11 is 0. The van der Waals surface area contributed by atoms with Crippen LogP contribution in [0.3, 0.4) is 0 Å². The second-order valence-corrected chi connectivity index (χ2v) is 3.75. The van der Waals surface area contributed by atoms with E-state index in [0.29, 0.717) is 32.0 Å². The minimum Gasteiger partial charge on any atom is -0.370 e. The van der Waals surface area contributed by atoms with E-state index in [0.717, 1.165) is 6.42 Å². The standard InChI is InChI=1S/C10H21N3O3/c1-8(6-11)2-3-10(15)13-4-5-16-7-9(12)14/h8H,2-7,11H2,1H3,(H2,12,14)(H,13,15). The van der Waals surface area contributed by atoms with Gasteiger partial charge in [0.25, 0.3) is 0 Å². The van der Waals surface area contributed by atoms with Crippen molar-refractivity contribution in [3.63, 3.8) is 0 Å². The summed E-state index contributed by atoms with van der Waals surface area (Å²) in [6.07, 6.45) is 1.25. The Labute approximate surface area is 95.7 Å². The normalized spacial score (nSPS) is 12.1. The number of rotatable bonds is 9. The molecule has 2 amide bonds. The van der Waals surface area contributed by atoms with Crippen LogP contribution in [-0.4, -0.2) is 38.1 Å². The monoisotopic (exact) mass is 231 g/mol. The highest BCUT2D eigenvalue weighted by molar-refractivity contribution is 5.76. The predicted molar refractivity (Wildman–Crippen MR) is 60.5 cm³/mol. The Kier molecular flexibility index (Phi) is 8.46. The molecule has 0 aromatic heterocycles. The molecule has 0 aliphatic carbocycles. The first-order chi connectivity index (χ1) is 7.56. The van der Waals surface area contributed by atoms with Crippen molar-refractivity contribution in [3.05, 3.63) is 0 Å². The molecule has 94 valence electrons. The zero-order valence-corrected chi connectivity index (χ0v) is 9.70. The zero-order valence-electron chi connectivity index (χ0n) is 9.70. The minimum absolute atomic E-state index is 0.0250. The van der Waals surface area contributed by atoms with Gasteiger partial charge in [-0.25, -0.2) is 0 Å². The molecule has 0 spiro atoms. The Morgan fingerprint density at radius 3 is 2.69 bits per heavy atom. The van der Waals surface area contributed by atoms with Gasteiger partial charge in [-0.15, -0.1) is 0 Å². The number of hydrogen-bond acceptors (Lipinski definition) is 4. The molecule has 6 nitrogen and oxygen atoms in total. The average molecular weight is 231 g/mol. The van der Waals surface area contributed by atoms with Crippen molar-refractivity contribution < 1.29 is 14.3 Å². The van der Waals surface area contributed by atoms with Crippen LogP contribution in [0.2, 0.25) is 0 Å². The van der Waals surface area contributed by atoms with E-state index < -0.39 is 5.91 Å². The van der Waals surface area contributed by atoms with Crippen LogP contribution in [-0.2, 0) is 14.3 Å². The molecule has 0 heterocycles.